The largest absolute Gasteiger partial charge is 0.308 e. The number of carbonyl (C=O) groups excluding carboxylic acids is 1. The highest BCUT2D eigenvalue weighted by Gasteiger charge is 2.54. The molecule has 1 saturated carbocycles. The molecule has 0 spiro atoms. The van der Waals surface area contributed by atoms with Crippen LogP contribution in [0.3, 0.4) is 0 Å². The molecule has 0 saturated heterocycles. The fourth-order valence-corrected chi connectivity index (χ4v) is 13.4. The van der Waals surface area contributed by atoms with Crippen LogP contribution in [0, 0.1) is 11.3 Å². The zero-order valence-electron chi connectivity index (χ0n) is 38.9. The molecule has 0 amide bonds. The standard InChI is InChI=1S/C61H49F2N3O/c1-31-36-15-11-12-16-37(36)52(32-13-9-8-10-14-32)53-33(30-64)21-50-54(51(31)53)45-25-35(59(5,6)7)24-43-40-27-47-39(28-48(40)66(50)56(43)45)42-23-34(58(2,3)4)22-41-38-26-46-44(29-49(38)65(47)55(41)42)57(67)61(63)19-17-60(46,62)18-20-61/h8-16,21-29,31,52H,17-20H2,1-7H3. The molecule has 4 heterocycles. The number of carbonyl (C=O) groups is 1. The lowest BCUT2D eigenvalue weighted by atomic mass is 9.68. The zero-order valence-corrected chi connectivity index (χ0v) is 38.9. The van der Waals surface area contributed by atoms with Gasteiger partial charge in [0, 0.05) is 66.1 Å². The number of nitriles is 1. The van der Waals surface area contributed by atoms with E-state index < -0.39 is 17.1 Å². The van der Waals surface area contributed by atoms with Gasteiger partial charge < -0.3 is 8.80 Å². The molecular weight excluding hydrogens is 829 g/mol. The number of alkyl halides is 2. The monoisotopic (exact) mass is 877 g/mol. The molecule has 6 heteroatoms. The highest BCUT2D eigenvalue weighted by Crippen LogP contribution is 2.56. The number of fused-ring (bicyclic) bond motifs is 17. The zero-order chi connectivity index (χ0) is 46.0. The summed E-state index contributed by atoms with van der Waals surface area (Å²) < 4.78 is 38.2. The van der Waals surface area contributed by atoms with Crippen molar-refractivity contribution in [2.45, 2.75) is 108 Å². The van der Waals surface area contributed by atoms with E-state index in [2.05, 4.69) is 160 Å². The summed E-state index contributed by atoms with van der Waals surface area (Å²) >= 11 is 0. The molecule has 1 fully saturated rings. The molecule has 4 nitrogen and oxygen atoms in total. The molecule has 2 unspecified atom stereocenters. The lowest BCUT2D eigenvalue weighted by Gasteiger charge is -2.34. The fraction of sp³-hybridized carbons (Fsp3) is 0.279. The molecule has 328 valence electrons. The van der Waals surface area contributed by atoms with E-state index in [1.165, 1.54) is 38.6 Å². The number of Topliss-reactive ketones (excluding diaryl/α,β-unsaturated/α-hetero) is 1. The summed E-state index contributed by atoms with van der Waals surface area (Å²) in [5.74, 6) is -0.647. The minimum Gasteiger partial charge on any atom is -0.308 e. The van der Waals surface area contributed by atoms with Gasteiger partial charge in [0.15, 0.2) is 11.5 Å². The van der Waals surface area contributed by atoms with E-state index in [1.54, 1.807) is 0 Å². The van der Waals surface area contributed by atoms with Crippen LogP contribution in [-0.2, 0) is 16.5 Å². The normalized spacial score (nSPS) is 22.0. The number of aromatic nitrogens is 2. The van der Waals surface area contributed by atoms with Crippen LogP contribution in [-0.4, -0.2) is 20.3 Å². The first-order valence-corrected chi connectivity index (χ1v) is 24.0. The Balaban J connectivity index is 1.16. The van der Waals surface area contributed by atoms with Crippen LogP contribution in [0.2, 0.25) is 0 Å². The molecule has 7 aromatic carbocycles. The third-order valence-electron chi connectivity index (χ3n) is 16.9. The lowest BCUT2D eigenvalue weighted by molar-refractivity contribution is 0.0233. The summed E-state index contributed by atoms with van der Waals surface area (Å²) in [5.41, 5.74) is 11.5. The van der Waals surface area contributed by atoms with Gasteiger partial charge in [-0.2, -0.15) is 5.26 Å². The van der Waals surface area contributed by atoms with Crippen LogP contribution >= 0.6 is 0 Å². The highest BCUT2D eigenvalue weighted by atomic mass is 19.1. The van der Waals surface area contributed by atoms with Crippen molar-refractivity contribution in [1.29, 1.82) is 5.26 Å². The predicted octanol–water partition coefficient (Wildman–Crippen LogP) is 15.7. The molecular formula is C61H49F2N3O. The number of ketones is 1. The Morgan fingerprint density at radius 3 is 1.69 bits per heavy atom. The van der Waals surface area contributed by atoms with Gasteiger partial charge in [-0.05, 0) is 130 Å². The molecule has 4 aliphatic rings. The van der Waals surface area contributed by atoms with E-state index in [-0.39, 0.29) is 53.9 Å². The Morgan fingerprint density at radius 1 is 0.582 bits per heavy atom. The van der Waals surface area contributed by atoms with Crippen molar-refractivity contribution in [1.82, 2.24) is 8.80 Å². The maximum Gasteiger partial charge on any atom is 0.200 e. The summed E-state index contributed by atoms with van der Waals surface area (Å²) in [5, 5.41) is 19.9. The van der Waals surface area contributed by atoms with E-state index in [0.29, 0.717) is 11.1 Å². The van der Waals surface area contributed by atoms with E-state index in [0.717, 1.165) is 76.5 Å². The quantitative estimate of drug-likeness (QED) is 0.165. The van der Waals surface area contributed by atoms with Gasteiger partial charge in [0.2, 0.25) is 0 Å². The summed E-state index contributed by atoms with van der Waals surface area (Å²) in [6.07, 6.45) is -0.164. The number of benzene rings is 7. The first-order valence-electron chi connectivity index (χ1n) is 24.0. The molecule has 0 N–H and O–H groups in total. The van der Waals surface area contributed by atoms with Gasteiger partial charge in [-0.3, -0.25) is 4.79 Å². The Hall–Kier alpha value is -6.84. The van der Waals surface area contributed by atoms with Gasteiger partial charge in [0.05, 0.1) is 44.7 Å². The second-order valence-corrected chi connectivity index (χ2v) is 22.5. The Morgan fingerprint density at radius 2 is 1.09 bits per heavy atom. The fourth-order valence-electron chi connectivity index (χ4n) is 13.4. The van der Waals surface area contributed by atoms with Crippen LogP contribution in [0.15, 0.2) is 109 Å². The maximum atomic E-state index is 17.0. The van der Waals surface area contributed by atoms with E-state index in [1.807, 2.05) is 12.1 Å². The van der Waals surface area contributed by atoms with Crippen LogP contribution < -0.4 is 0 Å². The molecule has 0 aliphatic heterocycles. The van der Waals surface area contributed by atoms with Crippen LogP contribution in [0.5, 0.6) is 0 Å². The van der Waals surface area contributed by atoms with Crippen LogP contribution in [0.1, 0.15) is 146 Å². The molecule has 4 aromatic heterocycles. The van der Waals surface area contributed by atoms with E-state index in [9.17, 15) is 10.1 Å². The van der Waals surface area contributed by atoms with Crippen molar-refractivity contribution in [2.75, 3.05) is 0 Å². The summed E-state index contributed by atoms with van der Waals surface area (Å²) in [6, 6.07) is 42.1. The minimum absolute atomic E-state index is 0.00983. The number of hydrogen-bond acceptors (Lipinski definition) is 2. The van der Waals surface area contributed by atoms with Crippen molar-refractivity contribution >= 4 is 82.0 Å². The first kappa shape index (κ1) is 39.3. The number of nitrogens with zero attached hydrogens (tertiary/aromatic N) is 3. The molecule has 11 aromatic rings. The van der Waals surface area contributed by atoms with Gasteiger partial charge in [-0.1, -0.05) is 103 Å². The van der Waals surface area contributed by atoms with Crippen molar-refractivity contribution in [3.05, 3.63) is 165 Å². The highest BCUT2D eigenvalue weighted by molar-refractivity contribution is 6.30. The van der Waals surface area contributed by atoms with Gasteiger partial charge in [0.1, 0.15) is 5.67 Å². The predicted molar refractivity (Wildman–Crippen MR) is 269 cm³/mol. The lowest BCUT2D eigenvalue weighted by Crippen LogP contribution is -2.37. The van der Waals surface area contributed by atoms with Crippen molar-refractivity contribution in [3.8, 4) is 6.07 Å². The average molecular weight is 878 g/mol. The van der Waals surface area contributed by atoms with Crippen molar-refractivity contribution < 1.29 is 13.6 Å². The molecule has 2 atom stereocenters. The van der Waals surface area contributed by atoms with E-state index >= 15 is 8.78 Å². The van der Waals surface area contributed by atoms with Crippen molar-refractivity contribution in [2.24, 2.45) is 0 Å². The molecule has 2 bridgehead atoms. The van der Waals surface area contributed by atoms with Crippen LogP contribution in [0.4, 0.5) is 8.78 Å². The smallest absolute Gasteiger partial charge is 0.200 e. The average Bonchev–Trinajstić information content (AvgIpc) is 4.01. The third kappa shape index (κ3) is 4.82. The van der Waals surface area contributed by atoms with Gasteiger partial charge in [0.25, 0.3) is 0 Å². The number of rotatable bonds is 1. The van der Waals surface area contributed by atoms with Gasteiger partial charge in [-0.25, -0.2) is 8.78 Å². The Kier molecular flexibility index (Phi) is 7.27. The minimum atomic E-state index is -2.05. The SMILES string of the molecule is CC1c2ccccc2C(c2ccccc2)c2c(C#N)cc3c(c21)c1cc(C(C)(C)C)cc2c4cc5c(cc4n3c21)c1cc(C(C)(C)C)cc2c3cc4c(cc3n5c21)C(=O)C1(F)CCC4(F)CC1. The first-order chi connectivity index (χ1) is 32.0. The maximum absolute atomic E-state index is 17.0. The second kappa shape index (κ2) is 12.4. The second-order valence-electron chi connectivity index (χ2n) is 22.5. The number of hydrogen-bond donors (Lipinski definition) is 0. The van der Waals surface area contributed by atoms with Gasteiger partial charge >= 0.3 is 0 Å². The molecule has 0 radical (unpaired) electrons. The van der Waals surface area contributed by atoms with E-state index in [4.69, 9.17) is 0 Å². The summed E-state index contributed by atoms with van der Waals surface area (Å²) in [7, 11) is 0. The summed E-state index contributed by atoms with van der Waals surface area (Å²) in [4.78, 5) is 14.2. The molecule has 67 heavy (non-hydrogen) atoms. The molecule has 4 aliphatic carbocycles. The molecule has 15 rings (SSSR count). The Bertz CT molecular complexity index is 4080. The van der Waals surface area contributed by atoms with Crippen molar-refractivity contribution in [3.63, 3.8) is 0 Å². The third-order valence-corrected chi connectivity index (χ3v) is 16.9. The summed E-state index contributed by atoms with van der Waals surface area (Å²) in [6.45, 7) is 15.8. The number of halogens is 2. The van der Waals surface area contributed by atoms with Crippen LogP contribution in [0.25, 0.3) is 76.2 Å². The topological polar surface area (TPSA) is 49.7 Å². The Labute approximate surface area is 387 Å². The van der Waals surface area contributed by atoms with Gasteiger partial charge in [-0.15, -0.1) is 0 Å².